The van der Waals surface area contributed by atoms with Gasteiger partial charge in [-0.1, -0.05) is 0 Å². The number of methoxy groups -OCH3 is 1. The number of nitrogens with two attached hydrogens (primary N) is 1. The molecular formula is C10H19N3O. The van der Waals surface area contributed by atoms with Gasteiger partial charge in [-0.3, -0.25) is 4.68 Å². The van der Waals surface area contributed by atoms with Crippen LogP contribution in [0.1, 0.15) is 18.9 Å². The van der Waals surface area contributed by atoms with Crippen LogP contribution in [0.15, 0.2) is 12.4 Å². The Morgan fingerprint density at radius 1 is 1.64 bits per heavy atom. The Morgan fingerprint density at radius 2 is 2.36 bits per heavy atom. The van der Waals surface area contributed by atoms with Crippen LogP contribution in [0.5, 0.6) is 0 Å². The lowest BCUT2D eigenvalue weighted by atomic mass is 10.1. The minimum Gasteiger partial charge on any atom is -0.380 e. The molecule has 1 aromatic heterocycles. The van der Waals surface area contributed by atoms with E-state index < -0.39 is 0 Å². The van der Waals surface area contributed by atoms with E-state index in [1.54, 1.807) is 11.8 Å². The maximum atomic E-state index is 5.93. The van der Waals surface area contributed by atoms with E-state index in [4.69, 9.17) is 10.5 Å². The van der Waals surface area contributed by atoms with Crippen LogP contribution >= 0.6 is 0 Å². The van der Waals surface area contributed by atoms with Crippen molar-refractivity contribution in [3.63, 3.8) is 0 Å². The van der Waals surface area contributed by atoms with E-state index in [1.807, 2.05) is 26.4 Å². The minimum absolute atomic E-state index is 0.0974. The van der Waals surface area contributed by atoms with Crippen molar-refractivity contribution in [1.82, 2.24) is 9.78 Å². The van der Waals surface area contributed by atoms with E-state index in [1.165, 1.54) is 5.56 Å². The molecule has 2 N–H and O–H groups in total. The Morgan fingerprint density at radius 3 is 2.86 bits per heavy atom. The van der Waals surface area contributed by atoms with Gasteiger partial charge in [0.25, 0.3) is 0 Å². The first-order valence-electron chi connectivity index (χ1n) is 4.89. The number of aryl methyl sites for hydroxylation is 2. The topological polar surface area (TPSA) is 53.1 Å². The van der Waals surface area contributed by atoms with Crippen molar-refractivity contribution in [1.29, 1.82) is 0 Å². The number of aromatic nitrogens is 2. The molecule has 2 atom stereocenters. The molecule has 2 unspecified atom stereocenters. The fraction of sp³-hybridized carbons (Fsp3) is 0.700. The van der Waals surface area contributed by atoms with Gasteiger partial charge in [-0.25, -0.2) is 0 Å². The molecule has 0 aliphatic heterocycles. The number of ether oxygens (including phenoxy) is 1. The average molecular weight is 197 g/mol. The highest BCUT2D eigenvalue weighted by molar-refractivity contribution is 5.04. The van der Waals surface area contributed by atoms with E-state index in [0.29, 0.717) is 0 Å². The van der Waals surface area contributed by atoms with Crippen molar-refractivity contribution in [2.75, 3.05) is 7.11 Å². The molecule has 14 heavy (non-hydrogen) atoms. The summed E-state index contributed by atoms with van der Waals surface area (Å²) in [7, 11) is 3.61. The number of hydrogen-bond donors (Lipinski definition) is 1. The van der Waals surface area contributed by atoms with Crippen LogP contribution in [-0.2, 0) is 18.2 Å². The second-order valence-corrected chi connectivity index (χ2v) is 3.67. The summed E-state index contributed by atoms with van der Waals surface area (Å²) < 4.78 is 6.97. The van der Waals surface area contributed by atoms with E-state index in [9.17, 15) is 0 Å². The zero-order valence-electron chi connectivity index (χ0n) is 9.10. The van der Waals surface area contributed by atoms with E-state index in [0.717, 1.165) is 12.8 Å². The monoisotopic (exact) mass is 197 g/mol. The lowest BCUT2D eigenvalue weighted by Gasteiger charge is -2.17. The summed E-state index contributed by atoms with van der Waals surface area (Å²) in [5.74, 6) is 0. The van der Waals surface area contributed by atoms with Crippen LogP contribution < -0.4 is 5.73 Å². The van der Waals surface area contributed by atoms with Crippen LogP contribution in [0.4, 0.5) is 0 Å². The molecule has 0 amide bonds. The highest BCUT2D eigenvalue weighted by Gasteiger charge is 2.11. The summed E-state index contributed by atoms with van der Waals surface area (Å²) in [5.41, 5.74) is 7.16. The maximum absolute atomic E-state index is 5.93. The lowest BCUT2D eigenvalue weighted by Crippen LogP contribution is -2.34. The van der Waals surface area contributed by atoms with Gasteiger partial charge in [-0.2, -0.15) is 5.10 Å². The summed E-state index contributed by atoms with van der Waals surface area (Å²) in [6.45, 7) is 1.99. The molecule has 1 rings (SSSR count). The SMILES string of the molecule is COC(C)C(N)CCc1cnn(C)c1. The minimum atomic E-state index is 0.0974. The van der Waals surface area contributed by atoms with Gasteiger partial charge in [0.15, 0.2) is 0 Å². The van der Waals surface area contributed by atoms with Gasteiger partial charge in [-0.05, 0) is 25.3 Å². The van der Waals surface area contributed by atoms with Crippen molar-refractivity contribution in [2.45, 2.75) is 31.9 Å². The van der Waals surface area contributed by atoms with Crippen molar-refractivity contribution in [2.24, 2.45) is 12.8 Å². The Kier molecular flexibility index (Phi) is 4.10. The van der Waals surface area contributed by atoms with Crippen LogP contribution in [0.25, 0.3) is 0 Å². The average Bonchev–Trinajstić information content (AvgIpc) is 2.59. The standard InChI is InChI=1S/C10H19N3O/c1-8(14-3)10(11)5-4-9-6-12-13(2)7-9/h6-8,10H,4-5,11H2,1-3H3. The zero-order valence-corrected chi connectivity index (χ0v) is 9.10. The molecule has 0 aliphatic rings. The van der Waals surface area contributed by atoms with E-state index in [-0.39, 0.29) is 12.1 Å². The number of rotatable bonds is 5. The molecule has 0 saturated carbocycles. The van der Waals surface area contributed by atoms with Gasteiger partial charge < -0.3 is 10.5 Å². The van der Waals surface area contributed by atoms with Gasteiger partial charge >= 0.3 is 0 Å². The normalized spacial score (nSPS) is 15.4. The van der Waals surface area contributed by atoms with Crippen LogP contribution in [-0.4, -0.2) is 29.0 Å². The summed E-state index contributed by atoms with van der Waals surface area (Å²) in [6, 6.07) is 0.0974. The summed E-state index contributed by atoms with van der Waals surface area (Å²) in [4.78, 5) is 0. The molecule has 4 heteroatoms. The zero-order chi connectivity index (χ0) is 10.6. The lowest BCUT2D eigenvalue weighted by molar-refractivity contribution is 0.0930. The van der Waals surface area contributed by atoms with E-state index >= 15 is 0 Å². The highest BCUT2D eigenvalue weighted by atomic mass is 16.5. The first kappa shape index (κ1) is 11.2. The summed E-state index contributed by atoms with van der Waals surface area (Å²) in [5, 5.41) is 4.10. The molecule has 0 fully saturated rings. The molecule has 0 radical (unpaired) electrons. The smallest absolute Gasteiger partial charge is 0.0694 e. The molecule has 1 aromatic rings. The second-order valence-electron chi connectivity index (χ2n) is 3.67. The predicted molar refractivity (Wildman–Crippen MR) is 56.0 cm³/mol. The van der Waals surface area contributed by atoms with Gasteiger partial charge in [0.2, 0.25) is 0 Å². The molecule has 0 spiro atoms. The van der Waals surface area contributed by atoms with Crippen LogP contribution in [0, 0.1) is 0 Å². The first-order valence-corrected chi connectivity index (χ1v) is 4.89. The largest absolute Gasteiger partial charge is 0.380 e. The third kappa shape index (κ3) is 3.12. The maximum Gasteiger partial charge on any atom is 0.0694 e. The van der Waals surface area contributed by atoms with Crippen molar-refractivity contribution in [3.8, 4) is 0 Å². The van der Waals surface area contributed by atoms with Crippen LogP contribution in [0.3, 0.4) is 0 Å². The summed E-state index contributed by atoms with van der Waals surface area (Å²) >= 11 is 0. The fourth-order valence-electron chi connectivity index (χ4n) is 1.34. The molecule has 0 bridgehead atoms. The molecular weight excluding hydrogens is 178 g/mol. The number of hydrogen-bond acceptors (Lipinski definition) is 3. The molecule has 0 aliphatic carbocycles. The van der Waals surface area contributed by atoms with Gasteiger partial charge in [-0.15, -0.1) is 0 Å². The number of nitrogens with zero attached hydrogens (tertiary/aromatic N) is 2. The van der Waals surface area contributed by atoms with Gasteiger partial charge in [0, 0.05) is 26.4 Å². The van der Waals surface area contributed by atoms with Crippen molar-refractivity contribution >= 4 is 0 Å². The Bertz CT molecular complexity index is 272. The van der Waals surface area contributed by atoms with Crippen molar-refractivity contribution in [3.05, 3.63) is 18.0 Å². The second kappa shape index (κ2) is 5.12. The Hall–Kier alpha value is -0.870. The van der Waals surface area contributed by atoms with E-state index in [2.05, 4.69) is 5.10 Å². The van der Waals surface area contributed by atoms with Crippen LogP contribution in [0.2, 0.25) is 0 Å². The molecule has 4 nitrogen and oxygen atoms in total. The van der Waals surface area contributed by atoms with Gasteiger partial charge in [0.05, 0.1) is 12.3 Å². The molecule has 1 heterocycles. The quantitative estimate of drug-likeness (QED) is 0.756. The van der Waals surface area contributed by atoms with Gasteiger partial charge in [0.1, 0.15) is 0 Å². The third-order valence-corrected chi connectivity index (χ3v) is 2.50. The highest BCUT2D eigenvalue weighted by Crippen LogP contribution is 2.06. The predicted octanol–water partition coefficient (Wildman–Crippen LogP) is 0.715. The molecule has 0 aromatic carbocycles. The molecule has 0 saturated heterocycles. The molecule has 80 valence electrons. The third-order valence-electron chi connectivity index (χ3n) is 2.50. The Labute approximate surface area is 85.0 Å². The van der Waals surface area contributed by atoms with Crippen molar-refractivity contribution < 1.29 is 4.74 Å². The summed E-state index contributed by atoms with van der Waals surface area (Å²) in [6.07, 6.45) is 5.91. The Balaban J connectivity index is 2.33. The first-order chi connectivity index (χ1) is 6.63. The fourth-order valence-corrected chi connectivity index (χ4v) is 1.34.